The summed E-state index contributed by atoms with van der Waals surface area (Å²) in [6, 6.07) is 0. The third-order valence-corrected chi connectivity index (χ3v) is 3.26. The number of morpholine rings is 1. The molecular formula is C13H22N2O4. The number of ether oxygens (including phenoxy) is 1. The van der Waals surface area contributed by atoms with Gasteiger partial charge in [0.05, 0.1) is 13.2 Å². The zero-order valence-corrected chi connectivity index (χ0v) is 11.6. The van der Waals surface area contributed by atoms with E-state index in [0.29, 0.717) is 6.54 Å². The summed E-state index contributed by atoms with van der Waals surface area (Å²) in [5, 5.41) is 11.5. The zero-order valence-electron chi connectivity index (χ0n) is 11.6. The molecule has 0 aromatic carbocycles. The number of aliphatic carboxylic acids is 1. The van der Waals surface area contributed by atoms with Crippen molar-refractivity contribution in [2.45, 2.75) is 20.3 Å². The van der Waals surface area contributed by atoms with E-state index in [0.717, 1.165) is 39.3 Å². The first kappa shape index (κ1) is 15.7. The highest BCUT2D eigenvalue weighted by Gasteiger charge is 2.13. The summed E-state index contributed by atoms with van der Waals surface area (Å²) in [6.45, 7) is 7.85. The number of carbonyl (C=O) groups excluding carboxylic acids is 1. The van der Waals surface area contributed by atoms with Crippen LogP contribution in [0.1, 0.15) is 20.3 Å². The molecule has 0 aliphatic carbocycles. The Morgan fingerprint density at radius 3 is 2.42 bits per heavy atom. The number of nitrogens with zero attached hydrogens (tertiary/aromatic N) is 1. The Bertz CT molecular complexity index is 360. The molecule has 1 heterocycles. The number of rotatable bonds is 6. The van der Waals surface area contributed by atoms with E-state index < -0.39 is 5.97 Å². The average Bonchev–Trinajstić information content (AvgIpc) is 2.42. The molecule has 1 saturated heterocycles. The third-order valence-electron chi connectivity index (χ3n) is 3.26. The number of carboxylic acids is 1. The molecule has 0 aromatic heterocycles. The molecule has 0 spiro atoms. The van der Waals surface area contributed by atoms with Crippen molar-refractivity contribution in [3.05, 3.63) is 11.1 Å². The van der Waals surface area contributed by atoms with Crippen molar-refractivity contribution in [2.75, 3.05) is 39.4 Å². The van der Waals surface area contributed by atoms with Gasteiger partial charge in [-0.15, -0.1) is 0 Å². The van der Waals surface area contributed by atoms with Crippen LogP contribution in [0.5, 0.6) is 0 Å². The second kappa shape index (κ2) is 7.91. The molecule has 1 aliphatic heterocycles. The minimum atomic E-state index is -1.05. The maximum Gasteiger partial charge on any atom is 0.331 e. The van der Waals surface area contributed by atoms with Gasteiger partial charge >= 0.3 is 5.97 Å². The molecule has 0 atom stereocenters. The van der Waals surface area contributed by atoms with Crippen molar-refractivity contribution in [3.8, 4) is 0 Å². The van der Waals surface area contributed by atoms with Gasteiger partial charge in [-0.25, -0.2) is 4.79 Å². The van der Waals surface area contributed by atoms with Crippen LogP contribution in [-0.2, 0) is 14.3 Å². The van der Waals surface area contributed by atoms with Crippen molar-refractivity contribution >= 4 is 11.9 Å². The lowest BCUT2D eigenvalue weighted by Gasteiger charge is -2.26. The summed E-state index contributed by atoms with van der Waals surface area (Å²) >= 11 is 0. The van der Waals surface area contributed by atoms with Crippen molar-refractivity contribution in [2.24, 2.45) is 0 Å². The fraction of sp³-hybridized carbons (Fsp3) is 0.692. The minimum absolute atomic E-state index is 0.0886. The van der Waals surface area contributed by atoms with E-state index in [4.69, 9.17) is 9.84 Å². The number of carboxylic acid groups (broad SMARTS) is 1. The van der Waals surface area contributed by atoms with E-state index in [9.17, 15) is 9.59 Å². The molecule has 0 aromatic rings. The molecule has 0 saturated carbocycles. The largest absolute Gasteiger partial charge is 0.478 e. The van der Waals surface area contributed by atoms with E-state index in [1.54, 1.807) is 0 Å². The van der Waals surface area contributed by atoms with Gasteiger partial charge in [0.2, 0.25) is 5.91 Å². The first-order valence-electron chi connectivity index (χ1n) is 6.51. The second-order valence-electron chi connectivity index (χ2n) is 4.62. The number of nitrogens with one attached hydrogen (secondary N) is 1. The normalized spacial score (nSPS) is 17.8. The van der Waals surface area contributed by atoms with Crippen LogP contribution in [0.2, 0.25) is 0 Å². The number of carbonyl (C=O) groups is 2. The quantitative estimate of drug-likeness (QED) is 0.534. The molecule has 6 heteroatoms. The number of amides is 1. The SMILES string of the molecule is CC(C(=O)O)=C(C)C(=O)NCCCN1CCOCC1. The third kappa shape index (κ3) is 5.40. The molecule has 6 nitrogen and oxygen atoms in total. The summed E-state index contributed by atoms with van der Waals surface area (Å²) in [5.41, 5.74) is 0.351. The van der Waals surface area contributed by atoms with Gasteiger partial charge in [-0.05, 0) is 26.8 Å². The predicted octanol–water partition coefficient (Wildman–Crippen LogP) is 0.246. The monoisotopic (exact) mass is 270 g/mol. The van der Waals surface area contributed by atoms with Crippen LogP contribution in [0.4, 0.5) is 0 Å². The van der Waals surface area contributed by atoms with Crippen molar-refractivity contribution < 1.29 is 19.4 Å². The van der Waals surface area contributed by atoms with Crippen molar-refractivity contribution in [3.63, 3.8) is 0 Å². The first-order chi connectivity index (χ1) is 9.02. The Morgan fingerprint density at radius 1 is 1.21 bits per heavy atom. The van der Waals surface area contributed by atoms with Gasteiger partial charge < -0.3 is 15.2 Å². The maximum absolute atomic E-state index is 11.7. The number of hydrogen-bond donors (Lipinski definition) is 2. The van der Waals surface area contributed by atoms with Crippen LogP contribution in [-0.4, -0.2) is 61.3 Å². The van der Waals surface area contributed by atoms with Gasteiger partial charge in [-0.2, -0.15) is 0 Å². The molecule has 1 aliphatic rings. The zero-order chi connectivity index (χ0) is 14.3. The van der Waals surface area contributed by atoms with E-state index in [1.807, 2.05) is 0 Å². The molecule has 0 radical (unpaired) electrons. The molecule has 1 rings (SSSR count). The van der Waals surface area contributed by atoms with Crippen LogP contribution < -0.4 is 5.32 Å². The topological polar surface area (TPSA) is 78.9 Å². The van der Waals surface area contributed by atoms with Gasteiger partial charge in [0.25, 0.3) is 0 Å². The standard InChI is InChI=1S/C13H22N2O4/c1-10(11(2)13(17)18)12(16)14-4-3-5-15-6-8-19-9-7-15/h3-9H2,1-2H3,(H,14,16)(H,17,18). The Balaban J connectivity index is 2.23. The van der Waals surface area contributed by atoms with E-state index in [-0.39, 0.29) is 17.1 Å². The molecule has 0 bridgehead atoms. The molecule has 0 unspecified atom stereocenters. The highest BCUT2D eigenvalue weighted by Crippen LogP contribution is 2.03. The van der Waals surface area contributed by atoms with E-state index in [1.165, 1.54) is 13.8 Å². The Labute approximate surface area is 113 Å². The lowest BCUT2D eigenvalue weighted by Crippen LogP contribution is -2.38. The van der Waals surface area contributed by atoms with E-state index in [2.05, 4.69) is 10.2 Å². The Morgan fingerprint density at radius 2 is 1.84 bits per heavy atom. The van der Waals surface area contributed by atoms with Crippen LogP contribution in [0, 0.1) is 0 Å². The Kier molecular flexibility index (Phi) is 6.52. The highest BCUT2D eigenvalue weighted by molar-refractivity contribution is 6.01. The van der Waals surface area contributed by atoms with Crippen LogP contribution >= 0.6 is 0 Å². The Hall–Kier alpha value is -1.40. The minimum Gasteiger partial charge on any atom is -0.478 e. The van der Waals surface area contributed by atoms with Crippen LogP contribution in [0.3, 0.4) is 0 Å². The summed E-state index contributed by atoms with van der Waals surface area (Å²) in [6.07, 6.45) is 0.852. The molecule has 2 N–H and O–H groups in total. The molecule has 1 fully saturated rings. The molecule has 19 heavy (non-hydrogen) atoms. The van der Waals surface area contributed by atoms with Crippen molar-refractivity contribution in [1.82, 2.24) is 10.2 Å². The van der Waals surface area contributed by atoms with Gasteiger partial charge in [0, 0.05) is 30.8 Å². The van der Waals surface area contributed by atoms with Crippen LogP contribution in [0.15, 0.2) is 11.1 Å². The van der Waals surface area contributed by atoms with E-state index >= 15 is 0 Å². The summed E-state index contributed by atoms with van der Waals surface area (Å²) in [4.78, 5) is 24.7. The lowest BCUT2D eigenvalue weighted by molar-refractivity contribution is -0.133. The second-order valence-corrected chi connectivity index (χ2v) is 4.62. The maximum atomic E-state index is 11.7. The predicted molar refractivity (Wildman–Crippen MR) is 70.9 cm³/mol. The average molecular weight is 270 g/mol. The van der Waals surface area contributed by atoms with Crippen molar-refractivity contribution in [1.29, 1.82) is 0 Å². The van der Waals surface area contributed by atoms with Gasteiger partial charge in [0.1, 0.15) is 0 Å². The van der Waals surface area contributed by atoms with Gasteiger partial charge in [-0.1, -0.05) is 0 Å². The summed E-state index contributed by atoms with van der Waals surface area (Å²) in [7, 11) is 0. The number of hydrogen-bond acceptors (Lipinski definition) is 4. The van der Waals surface area contributed by atoms with Crippen LogP contribution in [0.25, 0.3) is 0 Å². The first-order valence-corrected chi connectivity index (χ1v) is 6.51. The molecule has 1 amide bonds. The smallest absolute Gasteiger partial charge is 0.331 e. The molecule has 108 valence electrons. The van der Waals surface area contributed by atoms with Gasteiger partial charge in [0.15, 0.2) is 0 Å². The fourth-order valence-corrected chi connectivity index (χ4v) is 1.79. The summed E-state index contributed by atoms with van der Waals surface area (Å²) in [5.74, 6) is -1.36. The molecular weight excluding hydrogens is 248 g/mol. The fourth-order valence-electron chi connectivity index (χ4n) is 1.79. The van der Waals surface area contributed by atoms with Gasteiger partial charge in [-0.3, -0.25) is 9.69 Å². The lowest BCUT2D eigenvalue weighted by atomic mass is 10.1. The summed E-state index contributed by atoms with van der Waals surface area (Å²) < 4.78 is 5.25. The highest BCUT2D eigenvalue weighted by atomic mass is 16.5.